The molecule has 0 aliphatic heterocycles. The summed E-state index contributed by atoms with van der Waals surface area (Å²) >= 11 is 0. The van der Waals surface area contributed by atoms with Gasteiger partial charge in [0, 0.05) is 0 Å². The smallest absolute Gasteiger partial charge is 0.0179 e. The predicted molar refractivity (Wildman–Crippen MR) is 44.2 cm³/mol. The second-order valence-electron chi connectivity index (χ2n) is 5.55. The van der Waals surface area contributed by atoms with Crippen molar-refractivity contribution in [1.29, 1.82) is 0 Å². The first-order valence-electron chi connectivity index (χ1n) is 5.37. The molecule has 0 saturated heterocycles. The van der Waals surface area contributed by atoms with Crippen LogP contribution in [0.25, 0.3) is 0 Å². The largest absolute Gasteiger partial charge is 0.0496 e. The lowest BCUT2D eigenvalue weighted by Crippen LogP contribution is -2.09. The molecule has 0 heterocycles. The molecule has 11 heavy (non-hydrogen) atoms. The van der Waals surface area contributed by atoms with Crippen molar-refractivity contribution in [2.75, 3.05) is 0 Å². The minimum atomic E-state index is 0.979. The average molecular weight is 148 g/mol. The van der Waals surface area contributed by atoms with E-state index in [9.17, 15) is 0 Å². The van der Waals surface area contributed by atoms with E-state index in [1.807, 2.05) is 0 Å². The van der Waals surface area contributed by atoms with E-state index in [4.69, 9.17) is 0 Å². The minimum absolute atomic E-state index is 0.979. The van der Waals surface area contributed by atoms with Gasteiger partial charge in [0.25, 0.3) is 0 Å². The zero-order valence-electron chi connectivity index (χ0n) is 7.10. The van der Waals surface area contributed by atoms with E-state index in [2.05, 4.69) is 0 Å². The summed E-state index contributed by atoms with van der Waals surface area (Å²) in [5.74, 6) is 2.44. The maximum absolute atomic E-state index is 1.66. The van der Waals surface area contributed by atoms with Gasteiger partial charge in [0.2, 0.25) is 0 Å². The Morgan fingerprint density at radius 2 is 1.36 bits per heavy atom. The van der Waals surface area contributed by atoms with Crippen molar-refractivity contribution in [3.63, 3.8) is 0 Å². The second-order valence-corrected chi connectivity index (χ2v) is 5.55. The van der Waals surface area contributed by atoms with Crippen molar-refractivity contribution in [3.8, 4) is 0 Å². The molecule has 0 amide bonds. The van der Waals surface area contributed by atoms with Crippen LogP contribution in [0, 0.1) is 22.7 Å². The summed E-state index contributed by atoms with van der Waals surface area (Å²) in [5, 5.41) is 0. The van der Waals surface area contributed by atoms with Gasteiger partial charge in [0.15, 0.2) is 0 Å². The lowest BCUT2D eigenvalue weighted by molar-refractivity contribution is 0.330. The molecule has 0 radical (unpaired) electrons. The van der Waals surface area contributed by atoms with E-state index < -0.39 is 0 Å². The maximum Gasteiger partial charge on any atom is -0.0179 e. The topological polar surface area (TPSA) is 0 Å². The SMILES string of the molecule is C1CC1C1(C2CC2)CC12CC2. The Kier molecular flexibility index (Phi) is 0.661. The molecular weight excluding hydrogens is 132 g/mol. The van der Waals surface area contributed by atoms with Crippen LogP contribution in [-0.4, -0.2) is 0 Å². The van der Waals surface area contributed by atoms with Gasteiger partial charge in [0.1, 0.15) is 0 Å². The van der Waals surface area contributed by atoms with Crippen LogP contribution < -0.4 is 0 Å². The van der Waals surface area contributed by atoms with E-state index in [0.717, 1.165) is 10.8 Å². The molecule has 4 saturated carbocycles. The number of hydrogen-bond acceptors (Lipinski definition) is 0. The monoisotopic (exact) mass is 148 g/mol. The van der Waals surface area contributed by atoms with Gasteiger partial charge in [-0.1, -0.05) is 0 Å². The first kappa shape index (κ1) is 5.61. The van der Waals surface area contributed by atoms with E-state index in [-0.39, 0.29) is 0 Å². The summed E-state index contributed by atoms with van der Waals surface area (Å²) in [6.07, 6.45) is 11.3. The fourth-order valence-corrected chi connectivity index (χ4v) is 3.99. The Morgan fingerprint density at radius 3 is 1.64 bits per heavy atom. The van der Waals surface area contributed by atoms with Crippen molar-refractivity contribution >= 4 is 0 Å². The van der Waals surface area contributed by atoms with Crippen LogP contribution in [0.5, 0.6) is 0 Å². The predicted octanol–water partition coefficient (Wildman–Crippen LogP) is 2.98. The average Bonchev–Trinajstić information content (AvgIpc) is 2.84. The molecule has 1 spiro atoms. The lowest BCUT2D eigenvalue weighted by atomic mass is 9.90. The Hall–Kier alpha value is 0. The molecule has 4 fully saturated rings. The van der Waals surface area contributed by atoms with Crippen molar-refractivity contribution < 1.29 is 0 Å². The Bertz CT molecular complexity index is 204. The van der Waals surface area contributed by atoms with Crippen molar-refractivity contribution in [3.05, 3.63) is 0 Å². The van der Waals surface area contributed by atoms with Crippen LogP contribution in [0.1, 0.15) is 44.9 Å². The van der Waals surface area contributed by atoms with Crippen LogP contribution >= 0.6 is 0 Å². The molecule has 0 aromatic rings. The van der Waals surface area contributed by atoms with Crippen LogP contribution in [0.2, 0.25) is 0 Å². The van der Waals surface area contributed by atoms with Crippen LogP contribution in [-0.2, 0) is 0 Å². The fraction of sp³-hybridized carbons (Fsp3) is 1.00. The van der Waals surface area contributed by atoms with Crippen LogP contribution in [0.3, 0.4) is 0 Å². The van der Waals surface area contributed by atoms with E-state index >= 15 is 0 Å². The van der Waals surface area contributed by atoms with Crippen LogP contribution in [0.4, 0.5) is 0 Å². The van der Waals surface area contributed by atoms with E-state index in [1.54, 1.807) is 44.9 Å². The summed E-state index contributed by atoms with van der Waals surface area (Å²) in [6, 6.07) is 0. The van der Waals surface area contributed by atoms with Gasteiger partial charge in [-0.05, 0) is 67.6 Å². The molecule has 4 aliphatic carbocycles. The summed E-state index contributed by atoms with van der Waals surface area (Å²) in [6.45, 7) is 0. The van der Waals surface area contributed by atoms with Gasteiger partial charge in [-0.2, -0.15) is 0 Å². The zero-order valence-corrected chi connectivity index (χ0v) is 7.10. The highest BCUT2D eigenvalue weighted by Crippen LogP contribution is 2.89. The van der Waals surface area contributed by atoms with E-state index in [1.165, 1.54) is 11.8 Å². The third kappa shape index (κ3) is 0.494. The molecule has 0 heteroatoms. The highest BCUT2D eigenvalue weighted by Gasteiger charge is 2.80. The van der Waals surface area contributed by atoms with Crippen molar-refractivity contribution in [2.24, 2.45) is 22.7 Å². The zero-order chi connectivity index (χ0) is 7.10. The third-order valence-electron chi connectivity index (χ3n) is 4.96. The molecule has 0 N–H and O–H groups in total. The lowest BCUT2D eigenvalue weighted by Gasteiger charge is -2.14. The highest BCUT2D eigenvalue weighted by molar-refractivity contribution is 5.29. The molecule has 4 aliphatic rings. The molecular formula is C11H16. The minimum Gasteiger partial charge on any atom is -0.0496 e. The van der Waals surface area contributed by atoms with Gasteiger partial charge < -0.3 is 0 Å². The maximum atomic E-state index is 1.66. The summed E-state index contributed by atoms with van der Waals surface area (Å²) in [7, 11) is 0. The van der Waals surface area contributed by atoms with E-state index in [0.29, 0.717) is 0 Å². The standard InChI is InChI=1S/C11H16/c1-2-8(1)11(9-3-4-9)7-10(11)5-6-10/h8-9H,1-7H2. The molecule has 0 aromatic carbocycles. The molecule has 0 nitrogen and oxygen atoms in total. The Morgan fingerprint density at radius 1 is 0.818 bits per heavy atom. The van der Waals surface area contributed by atoms with Gasteiger partial charge in [-0.3, -0.25) is 0 Å². The number of hydrogen-bond donors (Lipinski definition) is 0. The number of rotatable bonds is 2. The quantitative estimate of drug-likeness (QED) is 0.564. The first-order valence-corrected chi connectivity index (χ1v) is 5.37. The Balaban J connectivity index is 1.73. The molecule has 0 atom stereocenters. The Labute approximate surface area is 68.4 Å². The van der Waals surface area contributed by atoms with Crippen LogP contribution in [0.15, 0.2) is 0 Å². The highest BCUT2D eigenvalue weighted by atomic mass is 14.8. The molecule has 60 valence electrons. The molecule has 4 rings (SSSR count). The summed E-state index contributed by atoms with van der Waals surface area (Å²) in [4.78, 5) is 0. The summed E-state index contributed by atoms with van der Waals surface area (Å²) < 4.78 is 0. The van der Waals surface area contributed by atoms with Gasteiger partial charge in [-0.15, -0.1) is 0 Å². The molecule has 0 unspecified atom stereocenters. The first-order chi connectivity index (χ1) is 5.37. The molecule has 0 bridgehead atoms. The third-order valence-corrected chi connectivity index (χ3v) is 4.96. The van der Waals surface area contributed by atoms with Gasteiger partial charge in [0.05, 0.1) is 0 Å². The van der Waals surface area contributed by atoms with Gasteiger partial charge >= 0.3 is 0 Å². The summed E-state index contributed by atoms with van der Waals surface area (Å²) in [5.41, 5.74) is 1.96. The normalized spacial score (nSPS) is 42.5. The second kappa shape index (κ2) is 1.30. The molecule has 0 aromatic heterocycles. The van der Waals surface area contributed by atoms with Crippen molar-refractivity contribution in [1.82, 2.24) is 0 Å². The van der Waals surface area contributed by atoms with Gasteiger partial charge in [-0.25, -0.2) is 0 Å². The van der Waals surface area contributed by atoms with Crippen molar-refractivity contribution in [2.45, 2.75) is 44.9 Å². The fourth-order valence-electron chi connectivity index (χ4n) is 3.99.